The minimum absolute atomic E-state index is 0.0438. The summed E-state index contributed by atoms with van der Waals surface area (Å²) in [6.45, 7) is 4.85. The van der Waals surface area contributed by atoms with E-state index in [9.17, 15) is 22.8 Å². The SMILES string of the molecule is CCOC(=O)c1sc(NC(=O)CS(=O)(=O)c2nnc(-c3cc(OC)ccc3OC)o2)c(C(=O)OCC)c1C. The Bertz CT molecular complexity index is 1460. The molecule has 2 aromatic heterocycles. The van der Waals surface area contributed by atoms with Gasteiger partial charge in [-0.15, -0.1) is 16.4 Å². The first kappa shape index (κ1) is 28.6. The van der Waals surface area contributed by atoms with Crippen molar-refractivity contribution in [3.05, 3.63) is 34.2 Å². The average Bonchev–Trinajstić information content (AvgIpc) is 3.49. The third kappa shape index (κ3) is 6.11. The Morgan fingerprint density at radius 2 is 1.71 bits per heavy atom. The highest BCUT2D eigenvalue weighted by Gasteiger charge is 2.31. The van der Waals surface area contributed by atoms with Crippen LogP contribution in [0.4, 0.5) is 5.00 Å². The molecule has 0 aliphatic carbocycles. The lowest BCUT2D eigenvalue weighted by Crippen LogP contribution is -2.24. The second kappa shape index (κ2) is 12.0. The van der Waals surface area contributed by atoms with E-state index in [1.165, 1.54) is 27.2 Å². The lowest BCUT2D eigenvalue weighted by atomic mass is 10.1. The van der Waals surface area contributed by atoms with E-state index < -0.39 is 38.7 Å². The molecule has 38 heavy (non-hydrogen) atoms. The van der Waals surface area contributed by atoms with E-state index in [2.05, 4.69) is 15.5 Å². The summed E-state index contributed by atoms with van der Waals surface area (Å²) in [5.74, 6) is -2.98. The minimum Gasteiger partial charge on any atom is -0.497 e. The van der Waals surface area contributed by atoms with Crippen LogP contribution < -0.4 is 14.8 Å². The van der Waals surface area contributed by atoms with Crippen LogP contribution in [0.15, 0.2) is 27.8 Å². The van der Waals surface area contributed by atoms with Gasteiger partial charge < -0.3 is 28.7 Å². The van der Waals surface area contributed by atoms with E-state index >= 15 is 0 Å². The molecule has 0 bridgehead atoms. The number of sulfone groups is 1. The molecule has 0 unspecified atom stereocenters. The number of esters is 2. The van der Waals surface area contributed by atoms with Gasteiger partial charge in [0.15, 0.2) is 0 Å². The number of carbonyl (C=O) groups excluding carboxylic acids is 3. The van der Waals surface area contributed by atoms with Gasteiger partial charge in [-0.05, 0) is 44.5 Å². The lowest BCUT2D eigenvalue weighted by molar-refractivity contribution is -0.113. The number of carbonyl (C=O) groups is 3. The van der Waals surface area contributed by atoms with E-state index in [1.54, 1.807) is 26.0 Å². The smallest absolute Gasteiger partial charge is 0.348 e. The summed E-state index contributed by atoms with van der Waals surface area (Å²) in [7, 11) is -1.54. The number of hydrogen-bond donors (Lipinski definition) is 1. The predicted octanol–water partition coefficient (Wildman–Crippen LogP) is 2.89. The molecule has 1 N–H and O–H groups in total. The molecule has 204 valence electrons. The van der Waals surface area contributed by atoms with Crippen molar-refractivity contribution in [2.45, 2.75) is 26.0 Å². The molecule has 0 spiro atoms. The molecule has 2 heterocycles. The van der Waals surface area contributed by atoms with Crippen LogP contribution in [0.5, 0.6) is 11.5 Å². The van der Waals surface area contributed by atoms with Gasteiger partial charge in [0.25, 0.3) is 5.89 Å². The zero-order valence-corrected chi connectivity index (χ0v) is 22.8. The normalized spacial score (nSPS) is 11.1. The lowest BCUT2D eigenvalue weighted by Gasteiger charge is -2.07. The first-order valence-electron chi connectivity index (χ1n) is 11.1. The maximum absolute atomic E-state index is 12.9. The number of ether oxygens (including phenoxy) is 4. The maximum Gasteiger partial charge on any atom is 0.348 e. The van der Waals surface area contributed by atoms with Crippen molar-refractivity contribution >= 4 is 44.0 Å². The number of rotatable bonds is 11. The van der Waals surface area contributed by atoms with Crippen molar-refractivity contribution in [2.24, 2.45) is 0 Å². The molecular formula is C23H25N3O10S2. The number of nitrogens with one attached hydrogen (secondary N) is 1. The fraction of sp³-hybridized carbons (Fsp3) is 0.348. The van der Waals surface area contributed by atoms with Crippen LogP contribution >= 0.6 is 11.3 Å². The summed E-state index contributed by atoms with van der Waals surface area (Å²) in [5, 5.41) is 8.85. The van der Waals surface area contributed by atoms with E-state index in [0.29, 0.717) is 11.5 Å². The van der Waals surface area contributed by atoms with Crippen LogP contribution in [0.1, 0.15) is 39.4 Å². The summed E-state index contributed by atoms with van der Waals surface area (Å²) in [5.41, 5.74) is 0.444. The van der Waals surface area contributed by atoms with Crippen molar-refractivity contribution in [3.8, 4) is 23.0 Å². The molecule has 0 atom stereocenters. The molecule has 15 heteroatoms. The topological polar surface area (TPSA) is 173 Å². The highest BCUT2D eigenvalue weighted by Crippen LogP contribution is 2.35. The van der Waals surface area contributed by atoms with Crippen molar-refractivity contribution in [2.75, 3.05) is 38.5 Å². The first-order chi connectivity index (χ1) is 18.1. The molecule has 1 amide bonds. The van der Waals surface area contributed by atoms with Crippen molar-refractivity contribution < 1.29 is 46.2 Å². The number of hydrogen-bond acceptors (Lipinski definition) is 13. The first-order valence-corrected chi connectivity index (χ1v) is 13.6. The molecule has 13 nitrogen and oxygen atoms in total. The number of methoxy groups -OCH3 is 2. The number of anilines is 1. The molecule has 3 rings (SSSR count). The van der Waals surface area contributed by atoms with Gasteiger partial charge >= 0.3 is 17.2 Å². The second-order valence-electron chi connectivity index (χ2n) is 7.45. The third-order valence-electron chi connectivity index (χ3n) is 4.97. The number of aromatic nitrogens is 2. The van der Waals surface area contributed by atoms with Crippen LogP contribution in [0.25, 0.3) is 11.5 Å². The van der Waals surface area contributed by atoms with Gasteiger partial charge in [-0.2, -0.15) is 0 Å². The van der Waals surface area contributed by atoms with Crippen LogP contribution in [0.2, 0.25) is 0 Å². The Labute approximate surface area is 222 Å². The van der Waals surface area contributed by atoms with Gasteiger partial charge in [0.05, 0.1) is 38.6 Å². The van der Waals surface area contributed by atoms with Crippen LogP contribution in [-0.2, 0) is 24.1 Å². The molecule has 0 fully saturated rings. The second-order valence-corrected chi connectivity index (χ2v) is 10.3. The molecule has 0 radical (unpaired) electrons. The summed E-state index contributed by atoms with van der Waals surface area (Å²) in [6, 6.07) is 4.73. The maximum atomic E-state index is 12.9. The number of nitrogens with zero attached hydrogens (tertiary/aromatic N) is 2. The molecule has 0 saturated heterocycles. The van der Waals surface area contributed by atoms with Gasteiger partial charge in [-0.3, -0.25) is 4.79 Å². The number of amides is 1. The van der Waals surface area contributed by atoms with E-state index in [1.807, 2.05) is 0 Å². The molecule has 0 aliphatic rings. The Morgan fingerprint density at radius 1 is 1.03 bits per heavy atom. The van der Waals surface area contributed by atoms with E-state index in [4.69, 9.17) is 23.4 Å². The van der Waals surface area contributed by atoms with Crippen LogP contribution in [0, 0.1) is 6.92 Å². The van der Waals surface area contributed by atoms with Crippen molar-refractivity contribution in [1.82, 2.24) is 10.2 Å². The summed E-state index contributed by atoms with van der Waals surface area (Å²) < 4.78 is 51.5. The summed E-state index contributed by atoms with van der Waals surface area (Å²) in [4.78, 5) is 37.6. The quantitative estimate of drug-likeness (QED) is 0.336. The highest BCUT2D eigenvalue weighted by atomic mass is 32.2. The zero-order chi connectivity index (χ0) is 28.0. The molecule has 1 aromatic carbocycles. The standard InChI is InChI=1S/C23H25N3O10S2/c1-6-34-21(28)17-12(3)18(22(29)35-7-2)37-20(17)24-16(27)11-38(30,31)23-26-25-19(36-23)14-10-13(32-4)8-9-15(14)33-5/h8-10H,6-7,11H2,1-5H3,(H,24,27). The van der Waals surface area contributed by atoms with Crippen molar-refractivity contribution in [3.63, 3.8) is 0 Å². The number of thiophene rings is 1. The molecule has 0 aliphatic heterocycles. The van der Waals surface area contributed by atoms with Crippen LogP contribution in [0.3, 0.4) is 0 Å². The van der Waals surface area contributed by atoms with E-state index in [-0.39, 0.29) is 45.7 Å². The minimum atomic E-state index is -4.40. The summed E-state index contributed by atoms with van der Waals surface area (Å²) in [6.07, 6.45) is 0. The fourth-order valence-electron chi connectivity index (χ4n) is 3.26. The van der Waals surface area contributed by atoms with Gasteiger partial charge in [-0.25, -0.2) is 18.0 Å². The Morgan fingerprint density at radius 3 is 2.34 bits per heavy atom. The molecular weight excluding hydrogens is 542 g/mol. The van der Waals surface area contributed by atoms with Gasteiger partial charge in [0.2, 0.25) is 15.7 Å². The monoisotopic (exact) mass is 567 g/mol. The van der Waals surface area contributed by atoms with Crippen molar-refractivity contribution in [1.29, 1.82) is 0 Å². The number of benzene rings is 1. The van der Waals surface area contributed by atoms with Gasteiger partial charge in [0.1, 0.15) is 27.1 Å². The van der Waals surface area contributed by atoms with Crippen LogP contribution in [-0.4, -0.2) is 69.6 Å². The fourth-order valence-corrected chi connectivity index (χ4v) is 5.28. The summed E-state index contributed by atoms with van der Waals surface area (Å²) >= 11 is 0.768. The zero-order valence-electron chi connectivity index (χ0n) is 21.1. The van der Waals surface area contributed by atoms with Gasteiger partial charge in [0, 0.05) is 0 Å². The largest absolute Gasteiger partial charge is 0.497 e. The Kier molecular flexibility index (Phi) is 9.06. The molecule has 3 aromatic rings. The average molecular weight is 568 g/mol. The Hall–Kier alpha value is -3.98. The third-order valence-corrected chi connectivity index (χ3v) is 7.50. The Balaban J connectivity index is 1.87. The predicted molar refractivity (Wildman–Crippen MR) is 134 cm³/mol. The molecule has 0 saturated carbocycles. The van der Waals surface area contributed by atoms with E-state index in [0.717, 1.165) is 11.3 Å². The highest BCUT2D eigenvalue weighted by molar-refractivity contribution is 7.91. The van der Waals surface area contributed by atoms with Gasteiger partial charge in [-0.1, -0.05) is 5.10 Å².